The third-order valence-electron chi connectivity index (χ3n) is 5.66. The van der Waals surface area contributed by atoms with Crippen molar-refractivity contribution in [3.8, 4) is 0 Å². The summed E-state index contributed by atoms with van der Waals surface area (Å²) in [5.41, 5.74) is 2.01. The van der Waals surface area contributed by atoms with Gasteiger partial charge in [0.15, 0.2) is 0 Å². The zero-order chi connectivity index (χ0) is 14.8. The first-order chi connectivity index (χ1) is 10.7. The lowest BCUT2D eigenvalue weighted by atomic mass is 9.83. The van der Waals surface area contributed by atoms with Gasteiger partial charge in [-0.3, -0.25) is 4.57 Å². The van der Waals surface area contributed by atoms with Crippen molar-refractivity contribution in [1.29, 1.82) is 0 Å². The Morgan fingerprint density at radius 2 is 2.00 bits per heavy atom. The van der Waals surface area contributed by atoms with Crippen LogP contribution in [-0.2, 0) is 6.54 Å². The number of aromatic nitrogens is 1. The predicted molar refractivity (Wildman–Crippen MR) is 86.2 cm³/mol. The van der Waals surface area contributed by atoms with Crippen molar-refractivity contribution in [2.75, 3.05) is 19.6 Å². The van der Waals surface area contributed by atoms with Gasteiger partial charge in [-0.25, -0.2) is 4.79 Å². The monoisotopic (exact) mass is 315 g/mol. The Hall–Kier alpha value is -1.52. The number of nitrogens with zero attached hydrogens (tertiary/aromatic N) is 3. The third-order valence-corrected chi connectivity index (χ3v) is 5.99. The maximum atomic E-state index is 13.0. The Bertz CT molecular complexity index is 776. The van der Waals surface area contributed by atoms with E-state index in [1.54, 1.807) is 0 Å². The first kappa shape index (κ1) is 13.0. The van der Waals surface area contributed by atoms with Crippen LogP contribution in [0.25, 0.3) is 10.9 Å². The average molecular weight is 316 g/mol. The largest absolute Gasteiger partial charge is 0.329 e. The van der Waals surface area contributed by atoms with Crippen molar-refractivity contribution < 1.29 is 4.79 Å². The quantitative estimate of drug-likeness (QED) is 0.808. The molecule has 4 nitrogen and oxygen atoms in total. The van der Waals surface area contributed by atoms with Crippen LogP contribution in [0.5, 0.6) is 0 Å². The molecule has 2 bridgehead atoms. The van der Waals surface area contributed by atoms with E-state index < -0.39 is 0 Å². The molecule has 5 heterocycles. The van der Waals surface area contributed by atoms with Gasteiger partial charge >= 0.3 is 6.03 Å². The molecule has 4 aliphatic heterocycles. The van der Waals surface area contributed by atoms with E-state index in [1.165, 1.54) is 25.9 Å². The van der Waals surface area contributed by atoms with E-state index in [9.17, 15) is 4.79 Å². The summed E-state index contributed by atoms with van der Waals surface area (Å²) in [5.74, 6) is 0.674. The number of halogens is 1. The lowest BCUT2D eigenvalue weighted by molar-refractivity contribution is 0.0241. The molecule has 1 unspecified atom stereocenters. The van der Waals surface area contributed by atoms with Gasteiger partial charge in [-0.2, -0.15) is 0 Å². The number of piperidine rings is 3. The standard InChI is InChI=1S/C17H18ClN3O/c18-14-2-1-3-15-13(14)8-12-9-20(17(22)21(12)15)16-10-19-6-4-11(16)5-7-19/h1-3,8,11,16H,4-7,9-10H2. The topological polar surface area (TPSA) is 28.5 Å². The highest BCUT2D eigenvalue weighted by Crippen LogP contribution is 2.37. The molecule has 0 radical (unpaired) electrons. The fourth-order valence-corrected chi connectivity index (χ4v) is 4.73. The van der Waals surface area contributed by atoms with Crippen LogP contribution in [0, 0.1) is 5.92 Å². The molecule has 6 rings (SSSR count). The van der Waals surface area contributed by atoms with Crippen molar-refractivity contribution in [3.05, 3.63) is 35.0 Å². The zero-order valence-corrected chi connectivity index (χ0v) is 13.1. The Kier molecular flexibility index (Phi) is 2.65. The summed E-state index contributed by atoms with van der Waals surface area (Å²) < 4.78 is 1.86. The van der Waals surface area contributed by atoms with E-state index >= 15 is 0 Å². The van der Waals surface area contributed by atoms with Gasteiger partial charge in [0.05, 0.1) is 12.1 Å². The summed E-state index contributed by atoms with van der Waals surface area (Å²) in [5, 5.41) is 1.71. The highest BCUT2D eigenvalue weighted by atomic mass is 35.5. The van der Waals surface area contributed by atoms with Gasteiger partial charge in [-0.15, -0.1) is 0 Å². The number of carbonyl (C=O) groups is 1. The van der Waals surface area contributed by atoms with Gasteiger partial charge < -0.3 is 9.80 Å². The number of fused-ring (bicyclic) bond motifs is 6. The summed E-state index contributed by atoms with van der Waals surface area (Å²) in [6, 6.07) is 8.38. The molecule has 2 aromatic rings. The SMILES string of the molecule is O=C1N(C2CN3CCC2CC3)Cc2cc3c(Cl)cccc3n21. The van der Waals surface area contributed by atoms with Crippen molar-refractivity contribution in [1.82, 2.24) is 14.4 Å². The number of benzene rings is 1. The third kappa shape index (κ3) is 1.65. The zero-order valence-electron chi connectivity index (χ0n) is 12.3. The molecular weight excluding hydrogens is 298 g/mol. The van der Waals surface area contributed by atoms with Crippen LogP contribution in [0.4, 0.5) is 4.79 Å². The van der Waals surface area contributed by atoms with Gasteiger partial charge in [0.1, 0.15) is 0 Å². The summed E-state index contributed by atoms with van der Waals surface area (Å²) in [6.45, 7) is 4.17. The van der Waals surface area contributed by atoms with Gasteiger partial charge in [0, 0.05) is 28.7 Å². The second-order valence-corrected chi connectivity index (χ2v) is 7.17. The fourth-order valence-electron chi connectivity index (χ4n) is 4.51. The van der Waals surface area contributed by atoms with E-state index in [0.29, 0.717) is 12.0 Å². The number of amides is 1. The Morgan fingerprint density at radius 3 is 2.73 bits per heavy atom. The lowest BCUT2D eigenvalue weighted by Gasteiger charge is -2.47. The molecule has 1 aromatic carbocycles. The Labute approximate surface area is 134 Å². The first-order valence-electron chi connectivity index (χ1n) is 8.04. The predicted octanol–water partition coefficient (Wildman–Crippen LogP) is 3.17. The minimum atomic E-state index is 0.131. The minimum absolute atomic E-state index is 0.131. The van der Waals surface area contributed by atoms with E-state index in [2.05, 4.69) is 15.9 Å². The normalized spacial score (nSPS) is 30.3. The van der Waals surface area contributed by atoms with Gasteiger partial charge in [0.25, 0.3) is 0 Å². The number of rotatable bonds is 1. The first-order valence-corrected chi connectivity index (χ1v) is 8.42. The Morgan fingerprint density at radius 1 is 1.18 bits per heavy atom. The summed E-state index contributed by atoms with van der Waals surface area (Å²) in [6.07, 6.45) is 2.46. The molecule has 4 aliphatic rings. The molecule has 5 heteroatoms. The maximum absolute atomic E-state index is 13.0. The van der Waals surface area contributed by atoms with E-state index in [1.807, 2.05) is 22.8 Å². The number of carbonyl (C=O) groups excluding carboxylic acids is 1. The molecule has 0 aliphatic carbocycles. The summed E-state index contributed by atoms with van der Waals surface area (Å²) >= 11 is 6.26. The van der Waals surface area contributed by atoms with Gasteiger partial charge in [-0.05, 0) is 50.0 Å². The molecular formula is C17H18ClN3O. The van der Waals surface area contributed by atoms with Crippen LogP contribution in [0.1, 0.15) is 18.5 Å². The highest BCUT2D eigenvalue weighted by molar-refractivity contribution is 6.35. The fraction of sp³-hybridized carbons (Fsp3) is 0.471. The average Bonchev–Trinajstić information content (AvgIpc) is 3.07. The van der Waals surface area contributed by atoms with Crippen molar-refractivity contribution >= 4 is 28.5 Å². The van der Waals surface area contributed by atoms with Crippen molar-refractivity contribution in [3.63, 3.8) is 0 Å². The molecule has 0 N–H and O–H groups in total. The Balaban J connectivity index is 1.54. The minimum Gasteiger partial charge on any atom is -0.314 e. The van der Waals surface area contributed by atoms with Gasteiger partial charge in [0.2, 0.25) is 0 Å². The van der Waals surface area contributed by atoms with Crippen LogP contribution >= 0.6 is 11.6 Å². The summed E-state index contributed by atoms with van der Waals surface area (Å²) in [4.78, 5) is 17.6. The molecule has 114 valence electrons. The highest BCUT2D eigenvalue weighted by Gasteiger charge is 2.42. The molecule has 1 atom stereocenters. The van der Waals surface area contributed by atoms with Crippen LogP contribution < -0.4 is 0 Å². The van der Waals surface area contributed by atoms with Crippen LogP contribution in [0.3, 0.4) is 0 Å². The lowest BCUT2D eigenvalue weighted by Crippen LogP contribution is -2.57. The van der Waals surface area contributed by atoms with Crippen LogP contribution in [0.2, 0.25) is 5.02 Å². The van der Waals surface area contributed by atoms with Gasteiger partial charge in [-0.1, -0.05) is 17.7 Å². The molecule has 22 heavy (non-hydrogen) atoms. The smallest absolute Gasteiger partial charge is 0.314 e. The maximum Gasteiger partial charge on any atom is 0.329 e. The molecule has 0 spiro atoms. The van der Waals surface area contributed by atoms with Crippen LogP contribution in [-0.4, -0.2) is 46.1 Å². The van der Waals surface area contributed by atoms with Crippen molar-refractivity contribution in [2.24, 2.45) is 5.92 Å². The molecule has 3 saturated heterocycles. The number of hydrogen-bond donors (Lipinski definition) is 0. The second-order valence-electron chi connectivity index (χ2n) is 6.76. The molecule has 0 saturated carbocycles. The molecule has 1 aromatic heterocycles. The number of hydrogen-bond acceptors (Lipinski definition) is 2. The van der Waals surface area contributed by atoms with Crippen LogP contribution in [0.15, 0.2) is 24.3 Å². The molecule has 1 amide bonds. The molecule has 3 fully saturated rings. The van der Waals surface area contributed by atoms with E-state index in [0.717, 1.165) is 34.7 Å². The second kappa shape index (κ2) is 4.49. The van der Waals surface area contributed by atoms with E-state index in [4.69, 9.17) is 11.6 Å². The van der Waals surface area contributed by atoms with Crippen molar-refractivity contribution in [2.45, 2.75) is 25.4 Å². The van der Waals surface area contributed by atoms with E-state index in [-0.39, 0.29) is 6.03 Å². The summed E-state index contributed by atoms with van der Waals surface area (Å²) in [7, 11) is 0.